The number of amides is 1. The molecule has 1 aliphatic carbocycles. The van der Waals surface area contributed by atoms with Crippen LogP contribution in [0.3, 0.4) is 0 Å². The zero-order valence-corrected chi connectivity index (χ0v) is 27.5. The summed E-state index contributed by atoms with van der Waals surface area (Å²) >= 11 is 6.41. The lowest BCUT2D eigenvalue weighted by Gasteiger charge is -2.41. The van der Waals surface area contributed by atoms with Gasteiger partial charge in [-0.15, -0.1) is 0 Å². The lowest BCUT2D eigenvalue weighted by molar-refractivity contribution is -0.128. The molecule has 1 saturated carbocycles. The number of aryl methyl sites for hydroxylation is 1. The third-order valence-corrected chi connectivity index (χ3v) is 10.2. The lowest BCUT2D eigenvalue weighted by Crippen LogP contribution is -2.60. The van der Waals surface area contributed by atoms with Gasteiger partial charge in [0.1, 0.15) is 11.6 Å². The SMILES string of the molecule is COc1cccc(CN(C(=O)C2=C(c3ccc(CCN(C)Cc4c(F)ccc(C)c4Cl)cc3)C[C@H]3CNC[C@H]2N3)C2CC2)c1C. The topological polar surface area (TPSA) is 56.8 Å². The summed E-state index contributed by atoms with van der Waals surface area (Å²) in [5, 5.41) is 7.79. The Bertz CT molecular complexity index is 1590. The highest BCUT2D eigenvalue weighted by Crippen LogP contribution is 2.37. The van der Waals surface area contributed by atoms with Crippen molar-refractivity contribution in [3.8, 4) is 5.75 Å². The molecule has 0 unspecified atom stereocenters. The first kappa shape index (κ1) is 31.7. The van der Waals surface area contributed by atoms with Gasteiger partial charge in [-0.3, -0.25) is 4.79 Å². The maximum Gasteiger partial charge on any atom is 0.252 e. The van der Waals surface area contributed by atoms with E-state index in [1.54, 1.807) is 13.2 Å². The lowest BCUT2D eigenvalue weighted by atomic mass is 9.83. The number of likely N-dealkylation sites (N-methyl/N-ethyl adjacent to an activating group) is 1. The van der Waals surface area contributed by atoms with Crippen molar-refractivity contribution in [1.82, 2.24) is 20.4 Å². The predicted molar refractivity (Wildman–Crippen MR) is 179 cm³/mol. The van der Waals surface area contributed by atoms with E-state index in [0.717, 1.165) is 84.5 Å². The Balaban J connectivity index is 1.22. The van der Waals surface area contributed by atoms with E-state index in [1.807, 2.05) is 26.1 Å². The van der Waals surface area contributed by atoms with Crippen LogP contribution < -0.4 is 15.4 Å². The molecular formula is C37H44ClFN4O2. The standard InChI is InChI=1S/C37H44ClFN4O2/c1-23-8-15-32(39)31(36(23)38)22-42(3)17-16-25-9-11-26(12-10-25)30-18-28-19-40-20-33(41-28)35(30)37(44)43(29-13-14-29)21-27-6-5-7-34(45-4)24(27)2/h5-12,15,28-29,33,40-41H,13-14,16-22H2,1-4H3/t28-,33+/m0/s1. The van der Waals surface area contributed by atoms with Crippen molar-refractivity contribution < 1.29 is 13.9 Å². The number of rotatable bonds is 11. The van der Waals surface area contributed by atoms with E-state index < -0.39 is 0 Å². The molecule has 1 saturated heterocycles. The minimum absolute atomic E-state index is 0.0187. The van der Waals surface area contributed by atoms with Gasteiger partial charge in [0.2, 0.25) is 0 Å². The van der Waals surface area contributed by atoms with E-state index in [-0.39, 0.29) is 23.8 Å². The van der Waals surface area contributed by atoms with Crippen molar-refractivity contribution in [3.63, 3.8) is 0 Å². The summed E-state index contributed by atoms with van der Waals surface area (Å²) in [4.78, 5) is 18.7. The Morgan fingerprint density at radius 2 is 1.82 bits per heavy atom. The molecule has 1 amide bonds. The zero-order valence-electron chi connectivity index (χ0n) is 26.8. The van der Waals surface area contributed by atoms with Gasteiger partial charge < -0.3 is 25.2 Å². The van der Waals surface area contributed by atoms with Crippen LogP contribution in [0, 0.1) is 19.7 Å². The summed E-state index contributed by atoms with van der Waals surface area (Å²) in [5.74, 6) is 0.732. The first-order valence-electron chi connectivity index (χ1n) is 16.1. The fourth-order valence-corrected chi connectivity index (χ4v) is 7.00. The highest BCUT2D eigenvalue weighted by Gasteiger charge is 2.41. The second-order valence-corrected chi connectivity index (χ2v) is 13.3. The summed E-state index contributed by atoms with van der Waals surface area (Å²) in [7, 11) is 3.69. The molecule has 0 spiro atoms. The minimum atomic E-state index is -0.263. The number of methoxy groups -OCH3 is 1. The number of ether oxygens (including phenoxy) is 1. The molecule has 2 atom stereocenters. The Morgan fingerprint density at radius 1 is 1.04 bits per heavy atom. The van der Waals surface area contributed by atoms with Crippen LogP contribution in [0.2, 0.25) is 5.02 Å². The van der Waals surface area contributed by atoms with E-state index >= 15 is 0 Å². The summed E-state index contributed by atoms with van der Waals surface area (Å²) in [5.41, 5.74) is 8.04. The number of hydrogen-bond acceptors (Lipinski definition) is 5. The molecule has 3 aliphatic rings. The molecule has 2 aliphatic heterocycles. The summed E-state index contributed by atoms with van der Waals surface area (Å²) in [6.07, 6.45) is 3.73. The van der Waals surface area contributed by atoms with Gasteiger partial charge in [0.25, 0.3) is 5.91 Å². The van der Waals surface area contributed by atoms with Gasteiger partial charge in [0, 0.05) is 55.9 Å². The molecule has 2 N–H and O–H groups in total. The molecule has 2 bridgehead atoms. The van der Waals surface area contributed by atoms with Crippen molar-refractivity contribution in [2.75, 3.05) is 33.8 Å². The van der Waals surface area contributed by atoms with E-state index in [4.69, 9.17) is 16.3 Å². The largest absolute Gasteiger partial charge is 0.496 e. The molecule has 6 nitrogen and oxygen atoms in total. The molecule has 238 valence electrons. The first-order chi connectivity index (χ1) is 21.7. The van der Waals surface area contributed by atoms with Crippen LogP contribution in [0.1, 0.15) is 52.6 Å². The van der Waals surface area contributed by atoms with Gasteiger partial charge in [-0.1, -0.05) is 54.1 Å². The fraction of sp³-hybridized carbons (Fsp3) is 0.432. The Kier molecular flexibility index (Phi) is 9.62. The number of carbonyl (C=O) groups is 1. The van der Waals surface area contributed by atoms with E-state index in [0.29, 0.717) is 29.7 Å². The first-order valence-corrected chi connectivity index (χ1v) is 16.5. The quantitative estimate of drug-likeness (QED) is 0.270. The van der Waals surface area contributed by atoms with Gasteiger partial charge in [0.15, 0.2) is 0 Å². The number of nitrogens with one attached hydrogen (secondary N) is 2. The molecule has 6 rings (SSSR count). The third kappa shape index (κ3) is 6.97. The van der Waals surface area contributed by atoms with Crippen LogP contribution in [-0.4, -0.2) is 67.6 Å². The molecule has 3 aromatic rings. The van der Waals surface area contributed by atoms with Gasteiger partial charge in [-0.25, -0.2) is 4.39 Å². The normalized spacial score (nSPS) is 19.6. The van der Waals surface area contributed by atoms with Gasteiger partial charge in [-0.05, 0) is 92.1 Å². The van der Waals surface area contributed by atoms with E-state index in [2.05, 4.69) is 57.7 Å². The Hall–Kier alpha value is -3.23. The average molecular weight is 631 g/mol. The number of fused-ring (bicyclic) bond motifs is 2. The smallest absolute Gasteiger partial charge is 0.252 e. The van der Waals surface area contributed by atoms with Crippen LogP contribution in [-0.2, 0) is 24.3 Å². The number of carbonyl (C=O) groups excluding carboxylic acids is 1. The second-order valence-electron chi connectivity index (χ2n) is 12.9. The van der Waals surface area contributed by atoms with Gasteiger partial charge >= 0.3 is 0 Å². The van der Waals surface area contributed by atoms with Crippen LogP contribution in [0.15, 0.2) is 60.2 Å². The number of benzene rings is 3. The average Bonchev–Trinajstić information content (AvgIpc) is 3.89. The molecule has 8 heteroatoms. The van der Waals surface area contributed by atoms with Crippen LogP contribution in [0.25, 0.3) is 5.57 Å². The Morgan fingerprint density at radius 3 is 2.56 bits per heavy atom. The second kappa shape index (κ2) is 13.6. The Labute approximate surface area is 271 Å². The van der Waals surface area contributed by atoms with Gasteiger partial charge in [0.05, 0.1) is 18.2 Å². The van der Waals surface area contributed by atoms with Gasteiger partial charge in [-0.2, -0.15) is 0 Å². The highest BCUT2D eigenvalue weighted by atomic mass is 35.5. The van der Waals surface area contributed by atoms with Crippen molar-refractivity contribution in [3.05, 3.63) is 104 Å². The van der Waals surface area contributed by atoms with Crippen molar-refractivity contribution in [2.45, 2.75) is 70.7 Å². The fourth-order valence-electron chi connectivity index (χ4n) is 6.78. The number of hydrogen-bond donors (Lipinski definition) is 2. The molecular weight excluding hydrogens is 587 g/mol. The van der Waals surface area contributed by atoms with Crippen LogP contribution in [0.5, 0.6) is 5.75 Å². The number of piperazine rings is 1. The summed E-state index contributed by atoms with van der Waals surface area (Å²) in [6.45, 7) is 7.42. The number of nitrogens with zero attached hydrogens (tertiary/aromatic N) is 2. The van der Waals surface area contributed by atoms with Crippen molar-refractivity contribution in [2.24, 2.45) is 0 Å². The van der Waals surface area contributed by atoms with E-state index in [1.165, 1.54) is 11.6 Å². The molecule has 3 aromatic carbocycles. The molecule has 2 fully saturated rings. The molecule has 2 heterocycles. The predicted octanol–water partition coefficient (Wildman–Crippen LogP) is 6.06. The van der Waals surface area contributed by atoms with Crippen LogP contribution >= 0.6 is 11.6 Å². The molecule has 0 aromatic heterocycles. The maximum atomic E-state index is 14.5. The zero-order chi connectivity index (χ0) is 31.7. The monoisotopic (exact) mass is 630 g/mol. The van der Waals surface area contributed by atoms with Crippen molar-refractivity contribution >= 4 is 23.1 Å². The molecule has 45 heavy (non-hydrogen) atoms. The maximum absolute atomic E-state index is 14.5. The number of halogens is 2. The summed E-state index contributed by atoms with van der Waals surface area (Å²) in [6, 6.07) is 18.6. The molecule has 0 radical (unpaired) electrons. The summed E-state index contributed by atoms with van der Waals surface area (Å²) < 4.78 is 20.0. The van der Waals surface area contributed by atoms with Crippen LogP contribution in [0.4, 0.5) is 4.39 Å². The minimum Gasteiger partial charge on any atom is -0.496 e. The van der Waals surface area contributed by atoms with Crippen molar-refractivity contribution in [1.29, 1.82) is 0 Å². The third-order valence-electron chi connectivity index (χ3n) is 9.63. The highest BCUT2D eigenvalue weighted by molar-refractivity contribution is 6.32. The van der Waals surface area contributed by atoms with E-state index in [9.17, 15) is 9.18 Å².